The van der Waals surface area contributed by atoms with Crippen molar-refractivity contribution in [3.63, 3.8) is 0 Å². The normalized spacial score (nSPS) is 48.4. The lowest BCUT2D eigenvalue weighted by atomic mass is 9.40. The number of carbonyl (C=O) groups is 2. The molecule has 4 rings (SSSR count). The van der Waals surface area contributed by atoms with Crippen LogP contribution in [0.1, 0.15) is 72.1 Å². The summed E-state index contributed by atoms with van der Waals surface area (Å²) in [6, 6.07) is 0. The Morgan fingerprint density at radius 1 is 1.07 bits per heavy atom. The highest BCUT2D eigenvalue weighted by Crippen LogP contribution is 2.72. The first kappa shape index (κ1) is 19.0. The van der Waals surface area contributed by atoms with Gasteiger partial charge < -0.3 is 9.47 Å². The van der Waals surface area contributed by atoms with Gasteiger partial charge in [0.15, 0.2) is 0 Å². The molecule has 0 saturated heterocycles. The van der Waals surface area contributed by atoms with E-state index < -0.39 is 5.41 Å². The summed E-state index contributed by atoms with van der Waals surface area (Å²) in [7, 11) is 1.52. The molecule has 0 heterocycles. The highest BCUT2D eigenvalue weighted by atomic mass is 16.5. The predicted octanol–water partition coefficient (Wildman–Crippen LogP) is 4.67. The maximum absolute atomic E-state index is 12.8. The molecule has 1 spiro atoms. The Morgan fingerprint density at radius 2 is 1.81 bits per heavy atom. The Labute approximate surface area is 163 Å². The standard InChI is InChI=1S/C23H34O4/c1-14-16-7-8-18-21(3)10-6-11-22(4,20(25)26-5)17(21)9-12-23(18,13-16)19(14)27-15(2)24/h16-19H,1,6-13H2,2-5H3/t16-,17+,18+,19-,21-,22-,23-/m1/s1. The summed E-state index contributed by atoms with van der Waals surface area (Å²) in [5.74, 6) is 1.06. The maximum atomic E-state index is 12.8. The lowest BCUT2D eigenvalue weighted by Crippen LogP contribution is -2.60. The molecule has 27 heavy (non-hydrogen) atoms. The molecule has 4 heteroatoms. The van der Waals surface area contributed by atoms with Gasteiger partial charge in [0, 0.05) is 12.3 Å². The second kappa shape index (κ2) is 6.09. The molecule has 2 bridgehead atoms. The van der Waals surface area contributed by atoms with Gasteiger partial charge in [-0.25, -0.2) is 0 Å². The number of hydrogen-bond donors (Lipinski definition) is 0. The Morgan fingerprint density at radius 3 is 2.48 bits per heavy atom. The molecule has 0 aromatic heterocycles. The summed E-state index contributed by atoms with van der Waals surface area (Å²) in [6.45, 7) is 10.4. The first-order chi connectivity index (χ1) is 12.7. The number of hydrogen-bond acceptors (Lipinski definition) is 4. The van der Waals surface area contributed by atoms with Crippen LogP contribution in [0.15, 0.2) is 12.2 Å². The number of carbonyl (C=O) groups excluding carboxylic acids is 2. The SMILES string of the molecule is C=C1[C@@H]2CC[C@H]3[C@]4(C)CCC[C@@](C)(C(=O)OC)[C@H]4CC[C@]3(C2)[C@@H]1OC(C)=O. The van der Waals surface area contributed by atoms with Crippen LogP contribution in [0.5, 0.6) is 0 Å². The molecule has 150 valence electrons. The van der Waals surface area contributed by atoms with E-state index in [0.717, 1.165) is 56.9 Å². The number of methoxy groups -OCH3 is 1. The zero-order valence-corrected chi connectivity index (χ0v) is 17.3. The topological polar surface area (TPSA) is 52.6 Å². The molecule has 0 aromatic carbocycles. The molecular formula is C23H34O4. The lowest BCUT2D eigenvalue weighted by Gasteiger charge is -2.64. The summed E-state index contributed by atoms with van der Waals surface area (Å²) in [6.07, 6.45) is 8.43. The van der Waals surface area contributed by atoms with Crippen LogP contribution in [0.4, 0.5) is 0 Å². The average molecular weight is 375 g/mol. The number of ether oxygens (including phenoxy) is 2. The lowest BCUT2D eigenvalue weighted by molar-refractivity contribution is -0.197. The van der Waals surface area contributed by atoms with Crippen LogP contribution >= 0.6 is 0 Å². The van der Waals surface area contributed by atoms with Crippen molar-refractivity contribution in [1.29, 1.82) is 0 Å². The van der Waals surface area contributed by atoms with Gasteiger partial charge in [-0.2, -0.15) is 0 Å². The molecule has 4 aliphatic rings. The van der Waals surface area contributed by atoms with Gasteiger partial charge in [-0.15, -0.1) is 0 Å². The maximum Gasteiger partial charge on any atom is 0.311 e. The number of rotatable bonds is 2. The van der Waals surface area contributed by atoms with Crippen molar-refractivity contribution in [3.05, 3.63) is 12.2 Å². The molecule has 0 radical (unpaired) electrons. The van der Waals surface area contributed by atoms with Gasteiger partial charge in [0.1, 0.15) is 6.10 Å². The van der Waals surface area contributed by atoms with Crippen LogP contribution in [0.2, 0.25) is 0 Å². The molecule has 0 unspecified atom stereocenters. The van der Waals surface area contributed by atoms with Crippen molar-refractivity contribution in [3.8, 4) is 0 Å². The van der Waals surface area contributed by atoms with E-state index in [9.17, 15) is 9.59 Å². The minimum absolute atomic E-state index is 0.0191. The van der Waals surface area contributed by atoms with Crippen LogP contribution in [-0.2, 0) is 19.1 Å². The van der Waals surface area contributed by atoms with Gasteiger partial charge in [-0.05, 0) is 80.6 Å². The molecule has 4 aliphatic carbocycles. The Balaban J connectivity index is 1.75. The average Bonchev–Trinajstić information content (AvgIpc) is 2.81. The second-order valence-corrected chi connectivity index (χ2v) is 10.2. The minimum atomic E-state index is -0.396. The van der Waals surface area contributed by atoms with Gasteiger partial charge in [0.05, 0.1) is 12.5 Å². The third-order valence-electron chi connectivity index (χ3n) is 9.11. The van der Waals surface area contributed by atoms with E-state index >= 15 is 0 Å². The summed E-state index contributed by atoms with van der Waals surface area (Å²) in [5, 5.41) is 0. The summed E-state index contributed by atoms with van der Waals surface area (Å²) in [5.41, 5.74) is 0.854. The minimum Gasteiger partial charge on any atom is -0.469 e. The largest absolute Gasteiger partial charge is 0.469 e. The Bertz CT molecular complexity index is 684. The fourth-order valence-corrected chi connectivity index (χ4v) is 8.17. The van der Waals surface area contributed by atoms with E-state index in [1.165, 1.54) is 14.0 Å². The van der Waals surface area contributed by atoms with Crippen LogP contribution in [0.25, 0.3) is 0 Å². The van der Waals surface area contributed by atoms with E-state index in [4.69, 9.17) is 9.47 Å². The van der Waals surface area contributed by atoms with Crippen molar-refractivity contribution in [2.75, 3.05) is 7.11 Å². The predicted molar refractivity (Wildman–Crippen MR) is 103 cm³/mol. The third kappa shape index (κ3) is 2.40. The van der Waals surface area contributed by atoms with Gasteiger partial charge in [0.2, 0.25) is 0 Å². The van der Waals surface area contributed by atoms with E-state index in [0.29, 0.717) is 17.8 Å². The second-order valence-electron chi connectivity index (χ2n) is 10.2. The monoisotopic (exact) mass is 374 g/mol. The highest BCUT2D eigenvalue weighted by molar-refractivity contribution is 5.77. The molecule has 4 nitrogen and oxygen atoms in total. The Kier molecular flexibility index (Phi) is 4.29. The number of esters is 2. The summed E-state index contributed by atoms with van der Waals surface area (Å²) < 4.78 is 11.2. The molecule has 0 aliphatic heterocycles. The fourth-order valence-electron chi connectivity index (χ4n) is 8.17. The smallest absolute Gasteiger partial charge is 0.311 e. The zero-order valence-electron chi connectivity index (χ0n) is 17.3. The van der Waals surface area contributed by atoms with Crippen LogP contribution in [0.3, 0.4) is 0 Å². The molecule has 0 aromatic rings. The Hall–Kier alpha value is -1.32. The first-order valence-electron chi connectivity index (χ1n) is 10.6. The van der Waals surface area contributed by atoms with Gasteiger partial charge >= 0.3 is 11.9 Å². The van der Waals surface area contributed by atoms with E-state index in [1.54, 1.807) is 0 Å². The van der Waals surface area contributed by atoms with Crippen LogP contribution in [0, 0.1) is 34.0 Å². The van der Waals surface area contributed by atoms with Crippen molar-refractivity contribution < 1.29 is 19.1 Å². The molecule has 4 saturated carbocycles. The summed E-state index contributed by atoms with van der Waals surface area (Å²) >= 11 is 0. The molecule has 4 fully saturated rings. The first-order valence-corrected chi connectivity index (χ1v) is 10.6. The van der Waals surface area contributed by atoms with Crippen LogP contribution < -0.4 is 0 Å². The highest BCUT2D eigenvalue weighted by Gasteiger charge is 2.68. The molecule has 0 N–H and O–H groups in total. The van der Waals surface area contributed by atoms with Crippen LogP contribution in [-0.4, -0.2) is 25.2 Å². The molecular weight excluding hydrogens is 340 g/mol. The fraction of sp³-hybridized carbons (Fsp3) is 0.826. The zero-order chi connectivity index (χ0) is 19.6. The van der Waals surface area contributed by atoms with Crippen molar-refractivity contribution in [2.45, 2.75) is 78.2 Å². The van der Waals surface area contributed by atoms with E-state index in [-0.39, 0.29) is 28.9 Å². The third-order valence-corrected chi connectivity index (χ3v) is 9.11. The molecule has 7 atom stereocenters. The van der Waals surface area contributed by atoms with Crippen molar-refractivity contribution in [2.24, 2.45) is 34.0 Å². The quantitative estimate of drug-likeness (QED) is 0.521. The molecule has 0 amide bonds. The van der Waals surface area contributed by atoms with Gasteiger partial charge in [-0.3, -0.25) is 9.59 Å². The summed E-state index contributed by atoms with van der Waals surface area (Å²) in [4.78, 5) is 24.6. The van der Waals surface area contributed by atoms with E-state index in [1.807, 2.05) is 0 Å². The van der Waals surface area contributed by atoms with E-state index in [2.05, 4.69) is 20.4 Å². The van der Waals surface area contributed by atoms with Gasteiger partial charge in [-0.1, -0.05) is 19.9 Å². The van der Waals surface area contributed by atoms with Crippen molar-refractivity contribution >= 4 is 11.9 Å². The van der Waals surface area contributed by atoms with Crippen molar-refractivity contribution in [1.82, 2.24) is 0 Å². The van der Waals surface area contributed by atoms with Gasteiger partial charge in [0.25, 0.3) is 0 Å². The number of fused-ring (bicyclic) bond motifs is 3.